The minimum absolute atomic E-state index is 0.121. The monoisotopic (exact) mass is 414 g/mol. The first-order chi connectivity index (χ1) is 13.9. The Morgan fingerprint density at radius 3 is 2.38 bits per heavy atom. The summed E-state index contributed by atoms with van der Waals surface area (Å²) in [5, 5.41) is 0. The highest BCUT2D eigenvalue weighted by molar-refractivity contribution is 7.89. The lowest BCUT2D eigenvalue weighted by molar-refractivity contribution is 0.0742. The van der Waals surface area contributed by atoms with Gasteiger partial charge in [-0.25, -0.2) is 8.42 Å². The van der Waals surface area contributed by atoms with Gasteiger partial charge < -0.3 is 4.90 Å². The summed E-state index contributed by atoms with van der Waals surface area (Å²) in [5.41, 5.74) is 2.32. The Balaban J connectivity index is 1.90. The second kappa shape index (κ2) is 9.55. The van der Waals surface area contributed by atoms with Crippen molar-refractivity contribution in [2.75, 3.05) is 19.6 Å². The third kappa shape index (κ3) is 5.06. The number of sulfonamides is 1. The third-order valence-electron chi connectivity index (χ3n) is 5.39. The van der Waals surface area contributed by atoms with Crippen LogP contribution in [0.5, 0.6) is 0 Å². The summed E-state index contributed by atoms with van der Waals surface area (Å²) >= 11 is 0. The molecule has 1 heterocycles. The van der Waals surface area contributed by atoms with Crippen LogP contribution >= 0.6 is 0 Å². The number of amides is 1. The zero-order valence-electron chi connectivity index (χ0n) is 17.3. The van der Waals surface area contributed by atoms with Gasteiger partial charge in [0.25, 0.3) is 5.91 Å². The summed E-state index contributed by atoms with van der Waals surface area (Å²) in [6, 6.07) is 14.8. The Labute approximate surface area is 174 Å². The number of carbonyl (C=O) groups is 1. The van der Waals surface area contributed by atoms with Crippen molar-refractivity contribution in [3.8, 4) is 0 Å². The van der Waals surface area contributed by atoms with Crippen LogP contribution in [0.1, 0.15) is 54.1 Å². The summed E-state index contributed by atoms with van der Waals surface area (Å²) in [6.45, 7) is 6.13. The van der Waals surface area contributed by atoms with Gasteiger partial charge in [0.05, 0.1) is 4.90 Å². The van der Waals surface area contributed by atoms with Gasteiger partial charge in [-0.05, 0) is 49.4 Å². The minimum atomic E-state index is -3.57. The van der Waals surface area contributed by atoms with E-state index in [4.69, 9.17) is 0 Å². The van der Waals surface area contributed by atoms with E-state index in [2.05, 4.69) is 0 Å². The lowest BCUT2D eigenvalue weighted by atomic mass is 10.1. The molecule has 1 saturated heterocycles. The van der Waals surface area contributed by atoms with Crippen molar-refractivity contribution >= 4 is 15.9 Å². The lowest BCUT2D eigenvalue weighted by Crippen LogP contribution is -2.36. The zero-order chi connectivity index (χ0) is 20.9. The maximum absolute atomic E-state index is 13.3. The standard InChI is InChI=1S/C23H30N2O3S/c1-3-14-24(18-20-10-6-4-7-11-20)23(26)22-17-21(13-12-19(22)2)29(27,28)25-15-8-5-9-16-25/h4,6-7,10-13,17H,3,5,8-9,14-16,18H2,1-2H3. The van der Waals surface area contributed by atoms with Gasteiger partial charge >= 0.3 is 0 Å². The van der Waals surface area contributed by atoms with Crippen molar-refractivity contribution < 1.29 is 13.2 Å². The van der Waals surface area contributed by atoms with Gasteiger partial charge in [-0.2, -0.15) is 4.31 Å². The van der Waals surface area contributed by atoms with Crippen LogP contribution in [0.15, 0.2) is 53.4 Å². The van der Waals surface area contributed by atoms with E-state index < -0.39 is 10.0 Å². The molecular formula is C23H30N2O3S. The van der Waals surface area contributed by atoms with Crippen LogP contribution in [-0.4, -0.2) is 43.2 Å². The highest BCUT2D eigenvalue weighted by atomic mass is 32.2. The molecule has 6 heteroatoms. The van der Waals surface area contributed by atoms with Crippen LogP contribution in [0.3, 0.4) is 0 Å². The summed E-state index contributed by atoms with van der Waals surface area (Å²) in [7, 11) is -3.57. The number of hydrogen-bond acceptors (Lipinski definition) is 3. The maximum Gasteiger partial charge on any atom is 0.254 e. The van der Waals surface area contributed by atoms with Crippen LogP contribution < -0.4 is 0 Å². The first kappa shape index (κ1) is 21.5. The molecule has 0 spiro atoms. The van der Waals surface area contributed by atoms with E-state index in [1.807, 2.05) is 44.2 Å². The second-order valence-corrected chi connectivity index (χ2v) is 9.59. The second-order valence-electron chi connectivity index (χ2n) is 7.65. The molecule has 1 amide bonds. The Morgan fingerprint density at radius 1 is 1.03 bits per heavy atom. The lowest BCUT2D eigenvalue weighted by Gasteiger charge is -2.27. The summed E-state index contributed by atoms with van der Waals surface area (Å²) in [6.07, 6.45) is 3.68. The van der Waals surface area contributed by atoms with Crippen LogP contribution in [-0.2, 0) is 16.6 Å². The Bertz CT molecular complexity index is 936. The number of rotatable bonds is 7. The molecule has 1 aliphatic heterocycles. The van der Waals surface area contributed by atoms with Gasteiger partial charge in [0.1, 0.15) is 0 Å². The topological polar surface area (TPSA) is 57.7 Å². The summed E-state index contributed by atoms with van der Waals surface area (Å²) < 4.78 is 27.7. The fourth-order valence-electron chi connectivity index (χ4n) is 3.74. The largest absolute Gasteiger partial charge is 0.334 e. The number of piperidine rings is 1. The van der Waals surface area contributed by atoms with Crippen LogP contribution in [0.2, 0.25) is 0 Å². The Morgan fingerprint density at radius 2 is 1.72 bits per heavy atom. The molecule has 0 unspecified atom stereocenters. The highest BCUT2D eigenvalue weighted by Gasteiger charge is 2.27. The molecule has 0 radical (unpaired) electrons. The quantitative estimate of drug-likeness (QED) is 0.681. The molecular weight excluding hydrogens is 384 g/mol. The molecule has 0 bridgehead atoms. The predicted octanol–water partition coefficient (Wildman–Crippen LogP) is 4.22. The average molecular weight is 415 g/mol. The van der Waals surface area contributed by atoms with Gasteiger partial charge in [-0.1, -0.05) is 49.7 Å². The van der Waals surface area contributed by atoms with Crippen LogP contribution in [0.4, 0.5) is 0 Å². The summed E-state index contributed by atoms with van der Waals surface area (Å²) in [4.78, 5) is 15.3. The molecule has 0 aromatic heterocycles. The van der Waals surface area contributed by atoms with Crippen molar-refractivity contribution in [2.45, 2.75) is 51.0 Å². The fourth-order valence-corrected chi connectivity index (χ4v) is 5.29. The van der Waals surface area contributed by atoms with E-state index in [0.717, 1.165) is 36.8 Å². The first-order valence-electron chi connectivity index (χ1n) is 10.4. The zero-order valence-corrected chi connectivity index (χ0v) is 18.1. The van der Waals surface area contributed by atoms with E-state index in [-0.39, 0.29) is 10.8 Å². The van der Waals surface area contributed by atoms with Crippen molar-refractivity contribution in [2.24, 2.45) is 0 Å². The molecule has 0 saturated carbocycles. The van der Waals surface area contributed by atoms with Gasteiger partial charge in [0.2, 0.25) is 10.0 Å². The minimum Gasteiger partial charge on any atom is -0.334 e. The number of carbonyl (C=O) groups excluding carboxylic acids is 1. The van der Waals surface area contributed by atoms with E-state index >= 15 is 0 Å². The van der Waals surface area contributed by atoms with Gasteiger partial charge in [-0.15, -0.1) is 0 Å². The molecule has 0 aliphatic carbocycles. The van der Waals surface area contributed by atoms with Crippen molar-refractivity contribution in [1.82, 2.24) is 9.21 Å². The maximum atomic E-state index is 13.3. The van der Waals surface area contributed by atoms with Crippen molar-refractivity contribution in [3.05, 3.63) is 65.2 Å². The molecule has 1 aliphatic rings. The van der Waals surface area contributed by atoms with Gasteiger partial charge in [-0.3, -0.25) is 4.79 Å². The smallest absolute Gasteiger partial charge is 0.254 e. The van der Waals surface area contributed by atoms with Gasteiger partial charge in [0.15, 0.2) is 0 Å². The normalized spacial score (nSPS) is 15.2. The fraction of sp³-hybridized carbons (Fsp3) is 0.435. The van der Waals surface area contributed by atoms with E-state index in [1.54, 1.807) is 27.4 Å². The Kier molecular flexibility index (Phi) is 7.09. The van der Waals surface area contributed by atoms with Crippen molar-refractivity contribution in [1.29, 1.82) is 0 Å². The molecule has 5 nitrogen and oxygen atoms in total. The average Bonchev–Trinajstić information content (AvgIpc) is 2.74. The van der Waals surface area contributed by atoms with Crippen molar-refractivity contribution in [3.63, 3.8) is 0 Å². The van der Waals surface area contributed by atoms with E-state index in [0.29, 0.717) is 31.7 Å². The number of hydrogen-bond donors (Lipinski definition) is 0. The Hall–Kier alpha value is -2.18. The van der Waals surface area contributed by atoms with Crippen LogP contribution in [0, 0.1) is 6.92 Å². The van der Waals surface area contributed by atoms with Crippen LogP contribution in [0.25, 0.3) is 0 Å². The molecule has 156 valence electrons. The molecule has 0 N–H and O–H groups in total. The molecule has 29 heavy (non-hydrogen) atoms. The number of benzene rings is 2. The summed E-state index contributed by atoms with van der Waals surface area (Å²) in [5.74, 6) is -0.121. The number of nitrogens with zero attached hydrogens (tertiary/aromatic N) is 2. The van der Waals surface area contributed by atoms with E-state index in [1.165, 1.54) is 0 Å². The van der Waals surface area contributed by atoms with Gasteiger partial charge in [0, 0.05) is 31.7 Å². The number of aryl methyl sites for hydroxylation is 1. The molecule has 2 aromatic carbocycles. The molecule has 2 aromatic rings. The SMILES string of the molecule is CCCN(Cc1ccccc1)C(=O)c1cc(S(=O)(=O)N2CCCCC2)ccc1C. The predicted molar refractivity (Wildman–Crippen MR) is 115 cm³/mol. The molecule has 0 atom stereocenters. The molecule has 3 rings (SSSR count). The molecule has 1 fully saturated rings. The van der Waals surface area contributed by atoms with E-state index in [9.17, 15) is 13.2 Å². The first-order valence-corrected chi connectivity index (χ1v) is 11.8. The highest BCUT2D eigenvalue weighted by Crippen LogP contribution is 2.24. The third-order valence-corrected chi connectivity index (χ3v) is 7.28.